The molecule has 24 heavy (non-hydrogen) atoms. The molecule has 1 amide bonds. The Hall–Kier alpha value is -2.17. The van der Waals surface area contributed by atoms with Gasteiger partial charge in [0.1, 0.15) is 0 Å². The first-order chi connectivity index (χ1) is 11.3. The fourth-order valence-corrected chi connectivity index (χ4v) is 2.70. The highest BCUT2D eigenvalue weighted by Crippen LogP contribution is 2.19. The van der Waals surface area contributed by atoms with Crippen LogP contribution >= 0.6 is 11.6 Å². The molecule has 0 saturated carbocycles. The Morgan fingerprint density at radius 3 is 2.38 bits per heavy atom. The number of hydrogen-bond donors (Lipinski definition) is 1. The molecule has 0 saturated heterocycles. The lowest BCUT2D eigenvalue weighted by molar-refractivity contribution is -0.114. The first kappa shape index (κ1) is 18.2. The highest BCUT2D eigenvalue weighted by molar-refractivity contribution is 6.31. The van der Waals surface area contributed by atoms with Crippen LogP contribution in [0.5, 0.6) is 0 Å². The summed E-state index contributed by atoms with van der Waals surface area (Å²) < 4.78 is 0. The van der Waals surface area contributed by atoms with Crippen molar-refractivity contribution in [2.24, 2.45) is 0 Å². The summed E-state index contributed by atoms with van der Waals surface area (Å²) in [6.45, 7) is 4.34. The van der Waals surface area contributed by atoms with E-state index in [0.29, 0.717) is 29.4 Å². The molecule has 2 aromatic rings. The zero-order valence-electron chi connectivity index (χ0n) is 14.1. The van der Waals surface area contributed by atoms with Gasteiger partial charge in [0, 0.05) is 29.7 Å². The van der Waals surface area contributed by atoms with Crippen LogP contribution in [0.25, 0.3) is 0 Å². The van der Waals surface area contributed by atoms with Crippen LogP contribution in [0, 0.1) is 6.92 Å². The van der Waals surface area contributed by atoms with E-state index in [4.69, 9.17) is 11.6 Å². The van der Waals surface area contributed by atoms with Crippen molar-refractivity contribution < 1.29 is 9.59 Å². The van der Waals surface area contributed by atoms with Crippen LogP contribution in [0.15, 0.2) is 42.5 Å². The third-order valence-electron chi connectivity index (χ3n) is 3.59. The summed E-state index contributed by atoms with van der Waals surface area (Å²) in [6.07, 6.45) is 0. The summed E-state index contributed by atoms with van der Waals surface area (Å²) in [5.74, 6) is -0.112. The summed E-state index contributed by atoms with van der Waals surface area (Å²) in [6, 6.07) is 12.8. The molecule has 0 spiro atoms. The van der Waals surface area contributed by atoms with Gasteiger partial charge in [0.15, 0.2) is 5.78 Å². The van der Waals surface area contributed by atoms with Gasteiger partial charge in [-0.05, 0) is 55.4 Å². The van der Waals surface area contributed by atoms with Gasteiger partial charge in [0.25, 0.3) is 0 Å². The van der Waals surface area contributed by atoms with Gasteiger partial charge in [-0.25, -0.2) is 0 Å². The third-order valence-corrected chi connectivity index (χ3v) is 3.94. The molecule has 0 aromatic heterocycles. The van der Waals surface area contributed by atoms with Crippen molar-refractivity contribution in [2.75, 3.05) is 18.9 Å². The van der Waals surface area contributed by atoms with E-state index < -0.39 is 0 Å². The molecule has 0 aliphatic rings. The van der Waals surface area contributed by atoms with Crippen molar-refractivity contribution in [1.82, 2.24) is 4.90 Å². The topological polar surface area (TPSA) is 49.4 Å². The van der Waals surface area contributed by atoms with Gasteiger partial charge in [0.05, 0.1) is 6.54 Å². The smallest absolute Gasteiger partial charge is 0.221 e. The molecule has 0 aliphatic carbocycles. The molecule has 1 N–H and O–H groups in total. The fraction of sp³-hybridized carbons (Fsp3) is 0.263. The molecule has 0 fully saturated rings. The Labute approximate surface area is 147 Å². The number of carbonyl (C=O) groups excluding carboxylic acids is 2. The number of nitrogens with one attached hydrogen (secondary N) is 1. The van der Waals surface area contributed by atoms with Crippen molar-refractivity contribution in [3.8, 4) is 0 Å². The van der Waals surface area contributed by atoms with Crippen LogP contribution < -0.4 is 5.32 Å². The van der Waals surface area contributed by atoms with E-state index in [1.807, 2.05) is 37.1 Å². The van der Waals surface area contributed by atoms with Gasteiger partial charge >= 0.3 is 0 Å². The minimum Gasteiger partial charge on any atom is -0.326 e. The molecule has 2 rings (SSSR count). The maximum atomic E-state index is 12.4. The lowest BCUT2D eigenvalue weighted by atomic mass is 10.1. The van der Waals surface area contributed by atoms with E-state index in [1.54, 1.807) is 24.3 Å². The average molecular weight is 345 g/mol. The van der Waals surface area contributed by atoms with E-state index in [9.17, 15) is 9.59 Å². The predicted molar refractivity (Wildman–Crippen MR) is 97.6 cm³/mol. The quantitative estimate of drug-likeness (QED) is 0.808. The maximum absolute atomic E-state index is 12.4. The molecule has 0 radical (unpaired) electrons. The van der Waals surface area contributed by atoms with Crippen LogP contribution in [0.4, 0.5) is 5.69 Å². The minimum atomic E-state index is -0.135. The number of Topliss-reactive ketones (excluding diaryl/α,β-unsaturated/α-hetero) is 1. The molecule has 0 bridgehead atoms. The molecule has 2 aromatic carbocycles. The molecule has 0 aliphatic heterocycles. The summed E-state index contributed by atoms with van der Waals surface area (Å²) in [5.41, 5.74) is 3.41. The molecule has 0 unspecified atom stereocenters. The summed E-state index contributed by atoms with van der Waals surface area (Å²) in [7, 11) is 1.89. The van der Waals surface area contributed by atoms with Gasteiger partial charge in [0.2, 0.25) is 5.91 Å². The molecular formula is C19H21ClN2O2. The van der Waals surface area contributed by atoms with Crippen LogP contribution in [0.2, 0.25) is 5.02 Å². The summed E-state index contributed by atoms with van der Waals surface area (Å²) in [5, 5.41) is 3.40. The van der Waals surface area contributed by atoms with Crippen molar-refractivity contribution in [1.29, 1.82) is 0 Å². The second kappa shape index (κ2) is 8.08. The van der Waals surface area contributed by atoms with Crippen LogP contribution in [0.3, 0.4) is 0 Å². The van der Waals surface area contributed by atoms with Gasteiger partial charge in [-0.15, -0.1) is 0 Å². The fourth-order valence-electron chi connectivity index (χ4n) is 2.41. The molecule has 5 heteroatoms. The maximum Gasteiger partial charge on any atom is 0.221 e. The third kappa shape index (κ3) is 5.18. The number of anilines is 1. The van der Waals surface area contributed by atoms with Gasteiger partial charge in [-0.3, -0.25) is 14.5 Å². The Balaban J connectivity index is 1.96. The first-order valence-electron chi connectivity index (χ1n) is 7.69. The van der Waals surface area contributed by atoms with Crippen molar-refractivity contribution in [3.63, 3.8) is 0 Å². The van der Waals surface area contributed by atoms with Gasteiger partial charge in [-0.1, -0.05) is 23.7 Å². The van der Waals surface area contributed by atoms with E-state index in [2.05, 4.69) is 5.32 Å². The summed E-state index contributed by atoms with van der Waals surface area (Å²) >= 11 is 6.24. The van der Waals surface area contributed by atoms with E-state index in [-0.39, 0.29) is 11.7 Å². The largest absolute Gasteiger partial charge is 0.326 e. The Bertz CT molecular complexity index is 742. The molecule has 0 atom stereocenters. The van der Waals surface area contributed by atoms with Gasteiger partial charge in [-0.2, -0.15) is 0 Å². The number of ketones is 1. The van der Waals surface area contributed by atoms with Crippen LogP contribution in [-0.2, 0) is 11.3 Å². The van der Waals surface area contributed by atoms with Crippen molar-refractivity contribution in [2.45, 2.75) is 20.4 Å². The number of nitrogens with zero attached hydrogens (tertiary/aromatic N) is 1. The lowest BCUT2D eigenvalue weighted by Gasteiger charge is -2.17. The molecule has 4 nitrogen and oxygen atoms in total. The van der Waals surface area contributed by atoms with E-state index in [1.165, 1.54) is 6.92 Å². The predicted octanol–water partition coefficient (Wildman–Crippen LogP) is 3.92. The number of aryl methyl sites for hydroxylation is 1. The minimum absolute atomic E-state index is 0.0232. The van der Waals surface area contributed by atoms with Crippen LogP contribution in [0.1, 0.15) is 28.4 Å². The monoisotopic (exact) mass is 344 g/mol. The average Bonchev–Trinajstić information content (AvgIpc) is 2.50. The lowest BCUT2D eigenvalue weighted by Crippen LogP contribution is -2.25. The van der Waals surface area contributed by atoms with Crippen molar-refractivity contribution >= 4 is 29.0 Å². The number of carbonyl (C=O) groups is 2. The SMILES string of the molecule is CC(=O)Nc1ccc(C(=O)CN(C)Cc2ccc(C)cc2Cl)cc1. The van der Waals surface area contributed by atoms with E-state index >= 15 is 0 Å². The second-order valence-electron chi connectivity index (χ2n) is 5.95. The normalized spacial score (nSPS) is 10.7. The Kier molecular flexibility index (Phi) is 6.12. The van der Waals surface area contributed by atoms with Gasteiger partial charge < -0.3 is 5.32 Å². The van der Waals surface area contributed by atoms with E-state index in [0.717, 1.165) is 11.1 Å². The number of likely N-dealkylation sites (N-methyl/N-ethyl adjacent to an activating group) is 1. The number of rotatable bonds is 6. The number of halogens is 1. The second-order valence-corrected chi connectivity index (χ2v) is 6.36. The number of benzene rings is 2. The molecule has 126 valence electrons. The number of amides is 1. The number of hydrogen-bond acceptors (Lipinski definition) is 3. The highest BCUT2D eigenvalue weighted by Gasteiger charge is 2.11. The zero-order valence-corrected chi connectivity index (χ0v) is 14.9. The first-order valence-corrected chi connectivity index (χ1v) is 8.07. The standard InChI is InChI=1S/C19H21ClN2O2/c1-13-4-5-16(18(20)10-13)11-22(3)12-19(24)15-6-8-17(9-7-15)21-14(2)23/h4-10H,11-12H2,1-3H3,(H,21,23). The van der Waals surface area contributed by atoms with Crippen LogP contribution in [-0.4, -0.2) is 30.2 Å². The molecular weight excluding hydrogens is 324 g/mol. The van der Waals surface area contributed by atoms with Crippen molar-refractivity contribution in [3.05, 3.63) is 64.2 Å². The Morgan fingerprint density at radius 1 is 1.12 bits per heavy atom. The zero-order chi connectivity index (χ0) is 17.7. The Morgan fingerprint density at radius 2 is 1.79 bits per heavy atom. The summed E-state index contributed by atoms with van der Waals surface area (Å²) in [4.78, 5) is 25.3. The molecule has 0 heterocycles. The highest BCUT2D eigenvalue weighted by atomic mass is 35.5.